The Balaban J connectivity index is 1.57. The SMILES string of the molecule is COc1ccncc1-c1noc([C@H]2OCC[C@H]2Cn2ccnc2)n1. The molecule has 0 bridgehead atoms. The Kier molecular flexibility index (Phi) is 3.96. The molecule has 24 heavy (non-hydrogen) atoms. The maximum atomic E-state index is 5.83. The fourth-order valence-corrected chi connectivity index (χ4v) is 2.95. The molecule has 8 heteroatoms. The minimum Gasteiger partial charge on any atom is -0.496 e. The van der Waals surface area contributed by atoms with Crippen molar-refractivity contribution in [3.8, 4) is 17.1 Å². The van der Waals surface area contributed by atoms with E-state index in [4.69, 9.17) is 14.0 Å². The Hall–Kier alpha value is -2.74. The van der Waals surface area contributed by atoms with Gasteiger partial charge in [-0.05, 0) is 12.5 Å². The Bertz CT molecular complexity index is 802. The van der Waals surface area contributed by atoms with Crippen molar-refractivity contribution < 1.29 is 14.0 Å². The third-order valence-corrected chi connectivity index (χ3v) is 4.15. The normalized spacial score (nSPS) is 20.4. The van der Waals surface area contributed by atoms with Crippen molar-refractivity contribution in [1.82, 2.24) is 24.7 Å². The van der Waals surface area contributed by atoms with Gasteiger partial charge in [0.15, 0.2) is 0 Å². The third-order valence-electron chi connectivity index (χ3n) is 4.15. The molecule has 0 aromatic carbocycles. The molecule has 0 radical (unpaired) electrons. The second kappa shape index (κ2) is 6.40. The van der Waals surface area contributed by atoms with E-state index in [0.717, 1.165) is 13.0 Å². The number of hydrogen-bond donors (Lipinski definition) is 0. The zero-order valence-electron chi connectivity index (χ0n) is 13.2. The molecule has 1 saturated heterocycles. The van der Waals surface area contributed by atoms with Crippen molar-refractivity contribution >= 4 is 0 Å². The van der Waals surface area contributed by atoms with Crippen molar-refractivity contribution in [3.05, 3.63) is 43.1 Å². The monoisotopic (exact) mass is 327 g/mol. The van der Waals surface area contributed by atoms with Gasteiger partial charge in [-0.2, -0.15) is 4.98 Å². The summed E-state index contributed by atoms with van der Waals surface area (Å²) < 4.78 is 18.6. The summed E-state index contributed by atoms with van der Waals surface area (Å²) in [4.78, 5) is 12.7. The van der Waals surface area contributed by atoms with E-state index in [1.54, 1.807) is 38.1 Å². The van der Waals surface area contributed by atoms with Gasteiger partial charge < -0.3 is 18.6 Å². The lowest BCUT2D eigenvalue weighted by Gasteiger charge is -2.15. The van der Waals surface area contributed by atoms with Gasteiger partial charge in [-0.1, -0.05) is 5.16 Å². The van der Waals surface area contributed by atoms with Gasteiger partial charge in [-0.15, -0.1) is 0 Å². The zero-order chi connectivity index (χ0) is 16.4. The lowest BCUT2D eigenvalue weighted by Crippen LogP contribution is -2.14. The van der Waals surface area contributed by atoms with Crippen LogP contribution in [-0.4, -0.2) is 38.4 Å². The predicted octanol–water partition coefficient (Wildman–Crippen LogP) is 2.11. The molecule has 124 valence electrons. The zero-order valence-corrected chi connectivity index (χ0v) is 13.2. The number of aromatic nitrogens is 5. The maximum Gasteiger partial charge on any atom is 0.256 e. The third kappa shape index (κ3) is 2.76. The predicted molar refractivity (Wildman–Crippen MR) is 83.1 cm³/mol. The summed E-state index contributed by atoms with van der Waals surface area (Å²) in [6, 6.07) is 1.76. The highest BCUT2D eigenvalue weighted by molar-refractivity contribution is 5.61. The van der Waals surface area contributed by atoms with Crippen LogP contribution in [0.1, 0.15) is 18.4 Å². The second-order valence-corrected chi connectivity index (χ2v) is 5.63. The lowest BCUT2D eigenvalue weighted by atomic mass is 10.0. The second-order valence-electron chi connectivity index (χ2n) is 5.63. The van der Waals surface area contributed by atoms with Crippen LogP contribution in [0.25, 0.3) is 11.4 Å². The average molecular weight is 327 g/mol. The molecule has 0 amide bonds. The smallest absolute Gasteiger partial charge is 0.256 e. The minimum atomic E-state index is -0.212. The van der Waals surface area contributed by atoms with Gasteiger partial charge in [-0.3, -0.25) is 4.98 Å². The molecule has 4 heterocycles. The summed E-state index contributed by atoms with van der Waals surface area (Å²) in [6.45, 7) is 1.48. The van der Waals surface area contributed by atoms with Gasteiger partial charge >= 0.3 is 0 Å². The van der Waals surface area contributed by atoms with Crippen LogP contribution in [0.4, 0.5) is 0 Å². The Morgan fingerprint density at radius 2 is 2.29 bits per heavy atom. The molecule has 3 aromatic heterocycles. The highest BCUT2D eigenvalue weighted by Crippen LogP contribution is 2.36. The lowest BCUT2D eigenvalue weighted by molar-refractivity contribution is 0.0587. The Morgan fingerprint density at radius 1 is 1.33 bits per heavy atom. The highest BCUT2D eigenvalue weighted by Gasteiger charge is 2.34. The van der Waals surface area contributed by atoms with Crippen LogP contribution in [-0.2, 0) is 11.3 Å². The first-order chi connectivity index (χ1) is 11.8. The minimum absolute atomic E-state index is 0.212. The van der Waals surface area contributed by atoms with Gasteiger partial charge in [0.25, 0.3) is 5.89 Å². The van der Waals surface area contributed by atoms with Crippen molar-refractivity contribution in [3.63, 3.8) is 0 Å². The van der Waals surface area contributed by atoms with Gasteiger partial charge in [0.1, 0.15) is 11.9 Å². The molecule has 8 nitrogen and oxygen atoms in total. The number of pyridine rings is 1. The first-order valence-corrected chi connectivity index (χ1v) is 7.74. The molecular formula is C16H17N5O3. The number of rotatable bonds is 5. The molecule has 0 saturated carbocycles. The summed E-state index contributed by atoms with van der Waals surface area (Å²) in [5.41, 5.74) is 0.694. The summed E-state index contributed by atoms with van der Waals surface area (Å²) in [5.74, 6) is 1.85. The molecule has 1 aliphatic heterocycles. The standard InChI is InChI=1S/C16H17N5O3/c1-22-13-2-4-17-8-12(13)15-19-16(24-20-15)14-11(3-7-23-14)9-21-6-5-18-10-21/h2,4-6,8,10-11,14H,3,7,9H2,1H3/t11-,14-/m0/s1. The topological polar surface area (TPSA) is 88.1 Å². The molecule has 0 unspecified atom stereocenters. The molecule has 4 rings (SSSR count). The Labute approximate surface area is 138 Å². The van der Waals surface area contributed by atoms with Crippen LogP contribution in [0.15, 0.2) is 41.7 Å². The number of methoxy groups -OCH3 is 1. The van der Waals surface area contributed by atoms with Crippen molar-refractivity contribution in [2.24, 2.45) is 5.92 Å². The van der Waals surface area contributed by atoms with Crippen LogP contribution in [0.3, 0.4) is 0 Å². The van der Waals surface area contributed by atoms with Gasteiger partial charge in [0.2, 0.25) is 5.82 Å². The van der Waals surface area contributed by atoms with E-state index in [2.05, 4.69) is 20.1 Å². The molecule has 3 aromatic rings. The highest BCUT2D eigenvalue weighted by atomic mass is 16.5. The van der Waals surface area contributed by atoms with Crippen LogP contribution in [0.5, 0.6) is 5.75 Å². The van der Waals surface area contributed by atoms with Crippen LogP contribution >= 0.6 is 0 Å². The molecule has 0 aliphatic carbocycles. The van der Waals surface area contributed by atoms with E-state index in [0.29, 0.717) is 29.6 Å². The van der Waals surface area contributed by atoms with E-state index in [-0.39, 0.29) is 12.0 Å². The molecule has 0 spiro atoms. The Morgan fingerprint density at radius 3 is 3.12 bits per heavy atom. The summed E-state index contributed by atoms with van der Waals surface area (Å²) in [7, 11) is 1.60. The fourth-order valence-electron chi connectivity index (χ4n) is 2.95. The number of nitrogens with zero attached hydrogens (tertiary/aromatic N) is 5. The van der Waals surface area contributed by atoms with Gasteiger partial charge in [-0.25, -0.2) is 4.98 Å². The van der Waals surface area contributed by atoms with Gasteiger partial charge in [0.05, 0.1) is 19.0 Å². The molecule has 1 aliphatic rings. The van der Waals surface area contributed by atoms with E-state index < -0.39 is 0 Å². The van der Waals surface area contributed by atoms with E-state index >= 15 is 0 Å². The fraction of sp³-hybridized carbons (Fsp3) is 0.375. The van der Waals surface area contributed by atoms with E-state index in [9.17, 15) is 0 Å². The van der Waals surface area contributed by atoms with E-state index in [1.807, 2.05) is 10.8 Å². The molecule has 0 N–H and O–H groups in total. The number of ether oxygens (including phenoxy) is 2. The van der Waals surface area contributed by atoms with Crippen molar-refractivity contribution in [1.29, 1.82) is 0 Å². The van der Waals surface area contributed by atoms with Crippen LogP contribution in [0, 0.1) is 5.92 Å². The van der Waals surface area contributed by atoms with Gasteiger partial charge in [0, 0.05) is 43.9 Å². The first kappa shape index (κ1) is 14.8. The maximum absolute atomic E-state index is 5.83. The summed E-state index contributed by atoms with van der Waals surface area (Å²) in [5, 5.41) is 4.07. The molecule has 2 atom stereocenters. The van der Waals surface area contributed by atoms with Crippen molar-refractivity contribution in [2.45, 2.75) is 19.1 Å². The molecular weight excluding hydrogens is 310 g/mol. The van der Waals surface area contributed by atoms with Crippen molar-refractivity contribution in [2.75, 3.05) is 13.7 Å². The average Bonchev–Trinajstić information content (AvgIpc) is 3.36. The quantitative estimate of drug-likeness (QED) is 0.709. The van der Waals surface area contributed by atoms with E-state index in [1.165, 1.54) is 0 Å². The largest absolute Gasteiger partial charge is 0.496 e. The number of imidazole rings is 1. The van der Waals surface area contributed by atoms with Crippen LogP contribution in [0.2, 0.25) is 0 Å². The summed E-state index contributed by atoms with van der Waals surface area (Å²) >= 11 is 0. The number of hydrogen-bond acceptors (Lipinski definition) is 7. The first-order valence-electron chi connectivity index (χ1n) is 7.74. The molecule has 1 fully saturated rings. The summed E-state index contributed by atoms with van der Waals surface area (Å²) in [6.07, 6.45) is 9.55. The van der Waals surface area contributed by atoms with Crippen LogP contribution < -0.4 is 4.74 Å².